The Morgan fingerprint density at radius 2 is 1.04 bits per heavy atom. The molecule has 0 bridgehead atoms. The molecule has 0 radical (unpaired) electrons. The van der Waals surface area contributed by atoms with Crippen molar-refractivity contribution >= 4 is 0 Å². The highest BCUT2D eigenvalue weighted by Gasteiger charge is 2.34. The minimum absolute atomic E-state index is 0.129. The second kappa shape index (κ2) is 7.25. The third-order valence-electron chi connectivity index (χ3n) is 5.75. The van der Waals surface area contributed by atoms with Gasteiger partial charge in [0.25, 0.3) is 0 Å². The van der Waals surface area contributed by atoms with Crippen LogP contribution in [0.5, 0.6) is 11.5 Å². The van der Waals surface area contributed by atoms with E-state index in [1.165, 1.54) is 11.1 Å². The van der Waals surface area contributed by atoms with Gasteiger partial charge in [0, 0.05) is 5.41 Å². The Kier molecular flexibility index (Phi) is 5.03. The lowest BCUT2D eigenvalue weighted by Crippen LogP contribution is -2.31. The van der Waals surface area contributed by atoms with Gasteiger partial charge in [-0.25, -0.2) is 0 Å². The van der Waals surface area contributed by atoms with E-state index in [9.17, 15) is 10.2 Å². The predicted octanol–water partition coefficient (Wildman–Crippen LogP) is 6.12. The normalized spacial score (nSPS) is 14.6. The average Bonchev–Trinajstić information content (AvgIpc) is 2.68. The first kappa shape index (κ1) is 18.1. The number of benzene rings is 3. The molecule has 0 aliphatic rings. The van der Waals surface area contributed by atoms with Crippen LogP contribution in [-0.4, -0.2) is 10.2 Å². The molecule has 0 aromatic heterocycles. The molecule has 2 nitrogen and oxygen atoms in total. The molecule has 2 unspecified atom stereocenters. The Bertz CT molecular complexity index is 848. The first-order chi connectivity index (χ1) is 12.4. The van der Waals surface area contributed by atoms with Crippen molar-refractivity contribution in [3.8, 4) is 22.6 Å². The highest BCUT2D eigenvalue weighted by atomic mass is 16.3. The summed E-state index contributed by atoms with van der Waals surface area (Å²) in [6, 6.07) is 23.5. The summed E-state index contributed by atoms with van der Waals surface area (Å²) in [5.74, 6) is 1.02. The lowest BCUT2D eigenvalue weighted by molar-refractivity contribution is 0.363. The Morgan fingerprint density at radius 3 is 1.46 bits per heavy atom. The van der Waals surface area contributed by atoms with Crippen LogP contribution in [0.15, 0.2) is 72.8 Å². The Hall–Kier alpha value is -2.74. The van der Waals surface area contributed by atoms with Gasteiger partial charge in [0.1, 0.15) is 11.5 Å². The van der Waals surface area contributed by atoms with Crippen LogP contribution >= 0.6 is 0 Å². The fraction of sp³-hybridized carbons (Fsp3) is 0.250. The molecular formula is C24H26O2. The molecule has 0 heterocycles. The highest BCUT2D eigenvalue weighted by molar-refractivity contribution is 5.65. The van der Waals surface area contributed by atoms with E-state index in [-0.39, 0.29) is 11.2 Å². The third kappa shape index (κ3) is 3.32. The maximum Gasteiger partial charge on any atom is 0.115 e. The topological polar surface area (TPSA) is 40.5 Å². The molecule has 0 spiro atoms. The number of aromatic hydroxyl groups is 2. The van der Waals surface area contributed by atoms with Gasteiger partial charge in [-0.05, 0) is 52.4 Å². The van der Waals surface area contributed by atoms with Gasteiger partial charge in [-0.2, -0.15) is 0 Å². The van der Waals surface area contributed by atoms with E-state index in [1.807, 2.05) is 24.3 Å². The van der Waals surface area contributed by atoms with Gasteiger partial charge in [0.05, 0.1) is 0 Å². The fourth-order valence-electron chi connectivity index (χ4n) is 3.61. The highest BCUT2D eigenvalue weighted by Crippen LogP contribution is 2.41. The second-order valence-electron chi connectivity index (χ2n) is 7.18. The lowest BCUT2D eigenvalue weighted by Gasteiger charge is -2.37. The van der Waals surface area contributed by atoms with Crippen LogP contribution in [0.1, 0.15) is 38.3 Å². The average molecular weight is 346 g/mol. The molecular weight excluding hydrogens is 320 g/mol. The smallest absolute Gasteiger partial charge is 0.115 e. The monoisotopic (exact) mass is 346 g/mol. The van der Waals surface area contributed by atoms with Crippen molar-refractivity contribution in [1.82, 2.24) is 0 Å². The molecule has 0 saturated heterocycles. The molecule has 2 atom stereocenters. The van der Waals surface area contributed by atoms with Gasteiger partial charge in [-0.3, -0.25) is 0 Å². The second-order valence-corrected chi connectivity index (χ2v) is 7.18. The molecule has 3 rings (SSSR count). The molecule has 2 N–H and O–H groups in total. The molecule has 0 fully saturated rings. The summed E-state index contributed by atoms with van der Waals surface area (Å²) in [6.45, 7) is 6.78. The molecule has 26 heavy (non-hydrogen) atoms. The zero-order valence-electron chi connectivity index (χ0n) is 15.6. The van der Waals surface area contributed by atoms with Crippen LogP contribution in [0.2, 0.25) is 0 Å². The Labute approximate surface area is 155 Å². The van der Waals surface area contributed by atoms with Gasteiger partial charge < -0.3 is 10.2 Å². The maximum absolute atomic E-state index is 9.65. The summed E-state index contributed by atoms with van der Waals surface area (Å²) in [5.41, 5.74) is 4.56. The third-order valence-corrected chi connectivity index (χ3v) is 5.75. The lowest BCUT2D eigenvalue weighted by atomic mass is 9.67. The van der Waals surface area contributed by atoms with Crippen molar-refractivity contribution in [1.29, 1.82) is 0 Å². The van der Waals surface area contributed by atoms with Gasteiger partial charge in [0.15, 0.2) is 0 Å². The summed E-state index contributed by atoms with van der Waals surface area (Å²) < 4.78 is 0. The van der Waals surface area contributed by atoms with E-state index in [0.717, 1.165) is 17.5 Å². The number of phenols is 2. The van der Waals surface area contributed by atoms with Gasteiger partial charge in [0.2, 0.25) is 0 Å². The molecule has 3 aromatic carbocycles. The van der Waals surface area contributed by atoms with Crippen molar-refractivity contribution < 1.29 is 10.2 Å². The van der Waals surface area contributed by atoms with Gasteiger partial charge in [-0.15, -0.1) is 0 Å². The minimum atomic E-state index is -0.129. The van der Waals surface area contributed by atoms with Crippen LogP contribution in [0.4, 0.5) is 0 Å². The summed E-state index contributed by atoms with van der Waals surface area (Å²) in [4.78, 5) is 0. The molecule has 0 amide bonds. The zero-order valence-corrected chi connectivity index (χ0v) is 15.6. The van der Waals surface area contributed by atoms with Gasteiger partial charge >= 0.3 is 0 Å². The predicted molar refractivity (Wildman–Crippen MR) is 108 cm³/mol. The summed E-state index contributed by atoms with van der Waals surface area (Å²) in [5, 5.41) is 19.1. The minimum Gasteiger partial charge on any atom is -0.508 e. The van der Waals surface area contributed by atoms with Crippen LogP contribution in [0, 0.1) is 5.92 Å². The molecule has 134 valence electrons. The van der Waals surface area contributed by atoms with Crippen LogP contribution in [-0.2, 0) is 5.41 Å². The van der Waals surface area contributed by atoms with Crippen LogP contribution < -0.4 is 0 Å². The standard InChI is InChI=1S/C24H26O2/c1-4-17(2)24(3,21-11-15-23(26)16-12-21)20-9-5-18(6-10-20)19-7-13-22(25)14-8-19/h5-17,25-26H,4H2,1-3H3. The van der Waals surface area contributed by atoms with Crippen molar-refractivity contribution in [2.24, 2.45) is 5.92 Å². The summed E-state index contributed by atoms with van der Waals surface area (Å²) in [7, 11) is 0. The number of phenolic OH excluding ortho intramolecular Hbond substituents is 2. The quantitative estimate of drug-likeness (QED) is 0.584. The van der Waals surface area contributed by atoms with Gasteiger partial charge in [-0.1, -0.05) is 75.7 Å². The largest absolute Gasteiger partial charge is 0.508 e. The van der Waals surface area contributed by atoms with Crippen LogP contribution in [0.25, 0.3) is 11.1 Å². The maximum atomic E-state index is 9.65. The summed E-state index contributed by atoms with van der Waals surface area (Å²) in [6.07, 6.45) is 1.07. The Balaban J connectivity index is 2.02. The fourth-order valence-corrected chi connectivity index (χ4v) is 3.61. The Morgan fingerprint density at radius 1 is 0.692 bits per heavy atom. The van der Waals surface area contributed by atoms with E-state index >= 15 is 0 Å². The van der Waals surface area contributed by atoms with E-state index < -0.39 is 0 Å². The number of rotatable bonds is 5. The molecule has 2 heteroatoms. The van der Waals surface area contributed by atoms with Crippen LogP contribution in [0.3, 0.4) is 0 Å². The van der Waals surface area contributed by atoms with E-state index in [4.69, 9.17) is 0 Å². The summed E-state index contributed by atoms with van der Waals surface area (Å²) >= 11 is 0. The van der Waals surface area contributed by atoms with Crippen molar-refractivity contribution in [3.63, 3.8) is 0 Å². The molecule has 3 aromatic rings. The molecule has 0 saturated carbocycles. The first-order valence-corrected chi connectivity index (χ1v) is 9.14. The van der Waals surface area contributed by atoms with E-state index in [1.54, 1.807) is 24.3 Å². The first-order valence-electron chi connectivity index (χ1n) is 9.14. The molecule has 0 aliphatic heterocycles. The number of hydrogen-bond acceptors (Lipinski definition) is 2. The number of hydrogen-bond donors (Lipinski definition) is 2. The van der Waals surface area contributed by atoms with Crippen molar-refractivity contribution in [3.05, 3.63) is 83.9 Å². The van der Waals surface area contributed by atoms with E-state index in [2.05, 4.69) is 45.0 Å². The van der Waals surface area contributed by atoms with E-state index in [0.29, 0.717) is 11.7 Å². The SMILES string of the molecule is CCC(C)C(C)(c1ccc(O)cc1)c1ccc(-c2ccc(O)cc2)cc1. The molecule has 0 aliphatic carbocycles. The zero-order chi connectivity index (χ0) is 18.7. The van der Waals surface area contributed by atoms with Crippen molar-refractivity contribution in [2.45, 2.75) is 32.6 Å². The van der Waals surface area contributed by atoms with Crippen molar-refractivity contribution in [2.75, 3.05) is 0 Å².